The lowest BCUT2D eigenvalue weighted by Gasteiger charge is -2.23. The van der Waals surface area contributed by atoms with E-state index in [0.717, 1.165) is 12.4 Å². The van der Waals surface area contributed by atoms with Crippen LogP contribution in [-0.4, -0.2) is 14.8 Å². The van der Waals surface area contributed by atoms with Crippen molar-refractivity contribution >= 4 is 0 Å². The summed E-state index contributed by atoms with van der Waals surface area (Å²) < 4.78 is 2.03. The maximum atomic E-state index is 6.24. The molecule has 1 aromatic heterocycles. The minimum absolute atomic E-state index is 0.285. The molecule has 1 atom stereocenters. The van der Waals surface area contributed by atoms with Gasteiger partial charge in [0.25, 0.3) is 0 Å². The molecule has 1 aliphatic rings. The van der Waals surface area contributed by atoms with E-state index in [1.165, 1.54) is 12.8 Å². The van der Waals surface area contributed by atoms with Crippen LogP contribution in [0.4, 0.5) is 0 Å². The predicted molar refractivity (Wildman–Crippen MR) is 50.0 cm³/mol. The highest BCUT2D eigenvalue weighted by Gasteiger charge is 2.42. The van der Waals surface area contributed by atoms with E-state index in [2.05, 4.69) is 24.0 Å². The summed E-state index contributed by atoms with van der Waals surface area (Å²) in [6, 6.07) is 0. The van der Waals surface area contributed by atoms with Crippen LogP contribution >= 0.6 is 0 Å². The van der Waals surface area contributed by atoms with Gasteiger partial charge in [-0.3, -0.25) is 0 Å². The van der Waals surface area contributed by atoms with Gasteiger partial charge < -0.3 is 10.3 Å². The Morgan fingerprint density at radius 1 is 1.69 bits per heavy atom. The molecule has 1 aliphatic carbocycles. The van der Waals surface area contributed by atoms with Crippen LogP contribution in [0.2, 0.25) is 0 Å². The second kappa shape index (κ2) is 2.80. The fourth-order valence-corrected chi connectivity index (χ4v) is 1.77. The fourth-order valence-electron chi connectivity index (χ4n) is 1.77. The zero-order valence-electron chi connectivity index (χ0n) is 8.20. The molecule has 0 aromatic carbocycles. The number of nitrogens with two attached hydrogens (primary N) is 1. The average molecular weight is 180 g/mol. The molecule has 0 radical (unpaired) electrons. The van der Waals surface area contributed by atoms with Crippen LogP contribution in [0.3, 0.4) is 0 Å². The van der Waals surface area contributed by atoms with Gasteiger partial charge in [0.15, 0.2) is 5.82 Å². The number of aromatic nitrogens is 3. The lowest BCUT2D eigenvalue weighted by atomic mass is 9.96. The van der Waals surface area contributed by atoms with E-state index < -0.39 is 0 Å². The van der Waals surface area contributed by atoms with Crippen molar-refractivity contribution in [1.82, 2.24) is 14.8 Å². The van der Waals surface area contributed by atoms with Crippen molar-refractivity contribution in [2.75, 3.05) is 0 Å². The first-order chi connectivity index (χ1) is 6.16. The van der Waals surface area contributed by atoms with Gasteiger partial charge in [0.1, 0.15) is 6.33 Å². The highest BCUT2D eigenvalue weighted by Crippen LogP contribution is 2.42. The van der Waals surface area contributed by atoms with Crippen LogP contribution in [0, 0.1) is 5.92 Å². The van der Waals surface area contributed by atoms with Gasteiger partial charge >= 0.3 is 0 Å². The minimum Gasteiger partial charge on any atom is -0.319 e. The van der Waals surface area contributed by atoms with Crippen LogP contribution < -0.4 is 5.73 Å². The molecule has 0 bridgehead atoms. The number of aryl methyl sites for hydroxylation is 1. The van der Waals surface area contributed by atoms with Crippen molar-refractivity contribution in [2.24, 2.45) is 11.7 Å². The van der Waals surface area contributed by atoms with E-state index in [1.807, 2.05) is 4.57 Å². The van der Waals surface area contributed by atoms with Gasteiger partial charge in [0.2, 0.25) is 0 Å². The molecule has 4 nitrogen and oxygen atoms in total. The molecule has 72 valence electrons. The average Bonchev–Trinajstić information content (AvgIpc) is 2.84. The molecule has 1 aromatic rings. The van der Waals surface area contributed by atoms with Gasteiger partial charge in [0, 0.05) is 6.54 Å². The van der Waals surface area contributed by atoms with Gasteiger partial charge in [-0.1, -0.05) is 0 Å². The summed E-state index contributed by atoms with van der Waals surface area (Å²) in [7, 11) is 0. The molecule has 1 heterocycles. The highest BCUT2D eigenvalue weighted by molar-refractivity contribution is 5.09. The number of nitrogens with zero attached hydrogens (tertiary/aromatic N) is 3. The zero-order valence-corrected chi connectivity index (χ0v) is 8.20. The lowest BCUT2D eigenvalue weighted by Crippen LogP contribution is -2.38. The number of rotatable bonds is 3. The van der Waals surface area contributed by atoms with Crippen LogP contribution in [0.5, 0.6) is 0 Å². The van der Waals surface area contributed by atoms with E-state index in [1.54, 1.807) is 6.33 Å². The Bertz CT molecular complexity index is 298. The maximum absolute atomic E-state index is 6.24. The van der Waals surface area contributed by atoms with E-state index in [-0.39, 0.29) is 5.54 Å². The monoisotopic (exact) mass is 180 g/mol. The summed E-state index contributed by atoms with van der Waals surface area (Å²) >= 11 is 0. The molecule has 0 spiro atoms. The van der Waals surface area contributed by atoms with E-state index >= 15 is 0 Å². The summed E-state index contributed by atoms with van der Waals surface area (Å²) in [4.78, 5) is 0. The first-order valence-electron chi connectivity index (χ1n) is 4.83. The zero-order chi connectivity index (χ0) is 9.47. The van der Waals surface area contributed by atoms with Gasteiger partial charge in [0.05, 0.1) is 5.54 Å². The molecular weight excluding hydrogens is 164 g/mol. The Morgan fingerprint density at radius 2 is 2.38 bits per heavy atom. The van der Waals surface area contributed by atoms with Crippen molar-refractivity contribution in [3.8, 4) is 0 Å². The number of hydrogen-bond acceptors (Lipinski definition) is 3. The summed E-state index contributed by atoms with van der Waals surface area (Å²) in [6.45, 7) is 5.03. The van der Waals surface area contributed by atoms with Gasteiger partial charge in [-0.25, -0.2) is 0 Å². The Labute approximate surface area is 78.1 Å². The Kier molecular flexibility index (Phi) is 1.87. The Balaban J connectivity index is 2.32. The summed E-state index contributed by atoms with van der Waals surface area (Å²) in [5, 5.41) is 8.01. The lowest BCUT2D eigenvalue weighted by molar-refractivity contribution is 0.381. The largest absolute Gasteiger partial charge is 0.319 e. The van der Waals surface area contributed by atoms with Crippen LogP contribution in [0.1, 0.15) is 32.5 Å². The van der Waals surface area contributed by atoms with Crippen LogP contribution in [0.15, 0.2) is 6.33 Å². The quantitative estimate of drug-likeness (QED) is 0.751. The summed E-state index contributed by atoms with van der Waals surface area (Å²) in [6.07, 6.45) is 4.20. The highest BCUT2D eigenvalue weighted by atomic mass is 15.3. The van der Waals surface area contributed by atoms with E-state index in [4.69, 9.17) is 5.73 Å². The SMILES string of the molecule is CCn1cnnc1C(C)(N)C1CC1. The molecule has 0 amide bonds. The van der Waals surface area contributed by atoms with Crippen molar-refractivity contribution < 1.29 is 0 Å². The topological polar surface area (TPSA) is 56.7 Å². The van der Waals surface area contributed by atoms with Crippen molar-refractivity contribution in [3.05, 3.63) is 12.2 Å². The van der Waals surface area contributed by atoms with Crippen molar-refractivity contribution in [3.63, 3.8) is 0 Å². The van der Waals surface area contributed by atoms with Crippen molar-refractivity contribution in [2.45, 2.75) is 38.8 Å². The summed E-state index contributed by atoms with van der Waals surface area (Å²) in [5.41, 5.74) is 5.96. The van der Waals surface area contributed by atoms with E-state index in [0.29, 0.717) is 5.92 Å². The van der Waals surface area contributed by atoms with E-state index in [9.17, 15) is 0 Å². The van der Waals surface area contributed by atoms with Gasteiger partial charge in [-0.15, -0.1) is 10.2 Å². The first-order valence-corrected chi connectivity index (χ1v) is 4.83. The smallest absolute Gasteiger partial charge is 0.152 e. The van der Waals surface area contributed by atoms with Gasteiger partial charge in [-0.05, 0) is 32.6 Å². The third-order valence-electron chi connectivity index (χ3n) is 2.86. The second-order valence-electron chi connectivity index (χ2n) is 4.00. The molecule has 2 N–H and O–H groups in total. The predicted octanol–water partition coefficient (Wildman–Crippen LogP) is 0.882. The molecule has 1 fully saturated rings. The Hall–Kier alpha value is -0.900. The molecule has 2 rings (SSSR count). The molecule has 0 saturated heterocycles. The second-order valence-corrected chi connectivity index (χ2v) is 4.00. The van der Waals surface area contributed by atoms with Gasteiger partial charge in [-0.2, -0.15) is 0 Å². The first kappa shape index (κ1) is 8.69. The molecule has 1 unspecified atom stereocenters. The van der Waals surface area contributed by atoms with Crippen molar-refractivity contribution in [1.29, 1.82) is 0 Å². The standard InChI is InChI=1S/C9H16N4/c1-3-13-6-11-12-8(13)9(2,10)7-4-5-7/h6-7H,3-5,10H2,1-2H3. The minimum atomic E-state index is -0.285. The van der Waals surface area contributed by atoms with Crippen LogP contribution in [-0.2, 0) is 12.1 Å². The Morgan fingerprint density at radius 3 is 2.92 bits per heavy atom. The third-order valence-corrected chi connectivity index (χ3v) is 2.86. The van der Waals surface area contributed by atoms with Crippen LogP contribution in [0.25, 0.3) is 0 Å². The number of hydrogen-bond donors (Lipinski definition) is 1. The fraction of sp³-hybridized carbons (Fsp3) is 0.778. The third kappa shape index (κ3) is 1.35. The summed E-state index contributed by atoms with van der Waals surface area (Å²) in [5.74, 6) is 1.53. The molecule has 4 heteroatoms. The molecule has 13 heavy (non-hydrogen) atoms. The molecule has 0 aliphatic heterocycles. The molecular formula is C9H16N4. The maximum Gasteiger partial charge on any atom is 0.152 e. The normalized spacial score (nSPS) is 21.5. The molecule has 1 saturated carbocycles.